The van der Waals surface area contributed by atoms with E-state index >= 15 is 0 Å². The van der Waals surface area contributed by atoms with Gasteiger partial charge in [-0.2, -0.15) is 5.10 Å². The molecule has 1 aliphatic heterocycles. The highest BCUT2D eigenvalue weighted by atomic mass is 16.6. The Morgan fingerprint density at radius 1 is 1.00 bits per heavy atom. The van der Waals surface area contributed by atoms with Crippen molar-refractivity contribution in [2.75, 3.05) is 19.4 Å². The predicted molar refractivity (Wildman–Crippen MR) is 147 cm³/mol. The van der Waals surface area contributed by atoms with E-state index in [2.05, 4.69) is 9.97 Å². The third kappa shape index (κ3) is 4.71. The average Bonchev–Trinajstić information content (AvgIpc) is 3.62. The van der Waals surface area contributed by atoms with Crippen molar-refractivity contribution >= 4 is 22.9 Å². The second-order valence-electron chi connectivity index (χ2n) is 11.2. The molecule has 2 bridgehead atoms. The molecule has 6 rings (SSSR count). The van der Waals surface area contributed by atoms with Crippen LogP contribution in [-0.4, -0.2) is 56.0 Å². The molecule has 4 aromatic rings. The summed E-state index contributed by atoms with van der Waals surface area (Å²) in [6.07, 6.45) is 3.01. The van der Waals surface area contributed by atoms with Crippen LogP contribution in [0.2, 0.25) is 0 Å². The summed E-state index contributed by atoms with van der Waals surface area (Å²) in [5, 5.41) is 5.72. The lowest BCUT2D eigenvalue weighted by molar-refractivity contribution is 0.0135. The first-order chi connectivity index (χ1) is 18.7. The van der Waals surface area contributed by atoms with Crippen molar-refractivity contribution in [1.82, 2.24) is 24.6 Å². The van der Waals surface area contributed by atoms with Gasteiger partial charge in [-0.25, -0.2) is 19.4 Å². The van der Waals surface area contributed by atoms with E-state index < -0.39 is 5.60 Å². The van der Waals surface area contributed by atoms with E-state index in [4.69, 9.17) is 25.0 Å². The molecule has 2 aromatic heterocycles. The monoisotopic (exact) mass is 528 g/mol. The van der Waals surface area contributed by atoms with E-state index in [0.717, 1.165) is 24.2 Å². The van der Waals surface area contributed by atoms with E-state index in [1.54, 1.807) is 7.11 Å². The summed E-state index contributed by atoms with van der Waals surface area (Å²) in [4.78, 5) is 23.7. The number of amides is 1. The molecule has 39 heavy (non-hydrogen) atoms. The van der Waals surface area contributed by atoms with Gasteiger partial charge in [-0.1, -0.05) is 6.07 Å². The van der Waals surface area contributed by atoms with Crippen LogP contribution in [0.1, 0.15) is 39.7 Å². The molecule has 10 nitrogen and oxygen atoms in total. The topological polar surface area (TPSA) is 118 Å². The van der Waals surface area contributed by atoms with Gasteiger partial charge in [0.1, 0.15) is 40.7 Å². The highest BCUT2D eigenvalue weighted by molar-refractivity contribution is 5.98. The zero-order chi connectivity index (χ0) is 27.3. The fraction of sp³-hybridized carbons (Fsp3) is 0.379. The number of benzene rings is 2. The van der Waals surface area contributed by atoms with Crippen LogP contribution in [0.4, 0.5) is 10.6 Å². The lowest BCUT2D eigenvalue weighted by atomic mass is 10.1. The van der Waals surface area contributed by atoms with E-state index in [-0.39, 0.29) is 18.2 Å². The van der Waals surface area contributed by atoms with Crippen LogP contribution >= 0.6 is 0 Å². The number of hydrogen-bond donors (Lipinski definition) is 1. The molecule has 2 fully saturated rings. The maximum absolute atomic E-state index is 13.0. The van der Waals surface area contributed by atoms with Gasteiger partial charge in [0.05, 0.1) is 24.6 Å². The van der Waals surface area contributed by atoms with Gasteiger partial charge in [0, 0.05) is 18.2 Å². The fourth-order valence-corrected chi connectivity index (χ4v) is 5.69. The molecule has 3 atom stereocenters. The van der Waals surface area contributed by atoms with Crippen molar-refractivity contribution in [3.63, 3.8) is 0 Å². The summed E-state index contributed by atoms with van der Waals surface area (Å²) in [5.74, 6) is 2.84. The number of carbonyl (C=O) groups is 1. The maximum Gasteiger partial charge on any atom is 0.410 e. The molecule has 0 spiro atoms. The third-order valence-electron chi connectivity index (χ3n) is 7.31. The molecule has 1 aliphatic carbocycles. The molecule has 0 radical (unpaired) electrons. The number of nitrogens with zero attached hydrogens (tertiary/aromatic N) is 5. The van der Waals surface area contributed by atoms with Crippen molar-refractivity contribution in [3.05, 3.63) is 54.9 Å². The minimum absolute atomic E-state index is 0.0179. The highest BCUT2D eigenvalue weighted by Gasteiger charge is 2.49. The molecular weight excluding hydrogens is 496 g/mol. The number of rotatable bonds is 5. The standard InChI is InChI=1S/C29H32N6O4/c1-29(2,3)39-28(36)34-15-17-12-22(34)23(13-17)35-27-24(26(30)31-16-32-27)25(33-35)18-8-10-19(11-9-18)38-21-7-5-6-20(14-21)37-4/h5-11,14,16-17,22-23H,12-13,15H2,1-4H3,(H2,30,31,32). The Bertz CT molecular complexity index is 1530. The van der Waals surface area contributed by atoms with Crippen LogP contribution in [-0.2, 0) is 4.74 Å². The molecule has 10 heteroatoms. The van der Waals surface area contributed by atoms with Crippen LogP contribution < -0.4 is 15.2 Å². The summed E-state index contributed by atoms with van der Waals surface area (Å²) in [5.41, 5.74) is 8.04. The summed E-state index contributed by atoms with van der Waals surface area (Å²) in [7, 11) is 1.62. The van der Waals surface area contributed by atoms with Gasteiger partial charge in [-0.15, -0.1) is 0 Å². The zero-order valence-corrected chi connectivity index (χ0v) is 22.5. The molecule has 1 saturated carbocycles. The number of nitrogens with two attached hydrogens (primary N) is 1. The van der Waals surface area contributed by atoms with Gasteiger partial charge in [0.25, 0.3) is 0 Å². The van der Waals surface area contributed by atoms with Gasteiger partial charge in [0.2, 0.25) is 0 Å². The number of hydrogen-bond acceptors (Lipinski definition) is 8. The lowest BCUT2D eigenvalue weighted by Crippen LogP contribution is -2.45. The number of fused-ring (bicyclic) bond motifs is 3. The Balaban J connectivity index is 1.31. The Morgan fingerprint density at radius 2 is 1.74 bits per heavy atom. The van der Waals surface area contributed by atoms with Crippen molar-refractivity contribution in [3.8, 4) is 28.5 Å². The molecule has 3 heterocycles. The molecule has 202 valence electrons. The van der Waals surface area contributed by atoms with Crippen LogP contribution in [0.25, 0.3) is 22.3 Å². The molecule has 1 saturated heterocycles. The first-order valence-corrected chi connectivity index (χ1v) is 13.1. The van der Waals surface area contributed by atoms with Gasteiger partial charge < -0.3 is 24.8 Å². The molecule has 2 N–H and O–H groups in total. The van der Waals surface area contributed by atoms with E-state index in [1.165, 1.54) is 6.33 Å². The molecule has 3 unspecified atom stereocenters. The van der Waals surface area contributed by atoms with Gasteiger partial charge in [-0.05, 0) is 75.9 Å². The fourth-order valence-electron chi connectivity index (χ4n) is 5.69. The van der Waals surface area contributed by atoms with Crippen molar-refractivity contribution < 1.29 is 19.0 Å². The van der Waals surface area contributed by atoms with Crippen LogP contribution in [0.5, 0.6) is 17.2 Å². The van der Waals surface area contributed by atoms with Gasteiger partial charge >= 0.3 is 6.09 Å². The SMILES string of the molecule is COc1cccc(Oc2ccc(-c3nn(C4CC5CC4N(C(=O)OC(C)(C)C)C5)c4ncnc(N)c34)cc2)c1. The number of ether oxygens (including phenoxy) is 3. The molecule has 1 amide bonds. The Morgan fingerprint density at radius 3 is 2.46 bits per heavy atom. The van der Waals surface area contributed by atoms with E-state index in [0.29, 0.717) is 46.5 Å². The van der Waals surface area contributed by atoms with Gasteiger partial charge in [-0.3, -0.25) is 0 Å². The first kappa shape index (κ1) is 25.0. The quantitative estimate of drug-likeness (QED) is 0.364. The van der Waals surface area contributed by atoms with E-state index in [1.807, 2.05) is 78.9 Å². The Hall–Kier alpha value is -4.34. The van der Waals surface area contributed by atoms with Crippen molar-refractivity contribution in [1.29, 1.82) is 0 Å². The van der Waals surface area contributed by atoms with Crippen LogP contribution in [0, 0.1) is 5.92 Å². The lowest BCUT2D eigenvalue weighted by Gasteiger charge is -2.34. The molecular formula is C29H32N6O4. The zero-order valence-electron chi connectivity index (χ0n) is 22.5. The van der Waals surface area contributed by atoms with Gasteiger partial charge in [0.15, 0.2) is 5.65 Å². The minimum Gasteiger partial charge on any atom is -0.497 e. The number of nitrogen functional groups attached to an aromatic ring is 1. The summed E-state index contributed by atoms with van der Waals surface area (Å²) in [6.45, 7) is 6.36. The minimum atomic E-state index is -0.551. The number of aromatic nitrogens is 4. The second kappa shape index (κ2) is 9.44. The number of piperidine rings is 1. The number of methoxy groups -OCH3 is 1. The number of anilines is 1. The van der Waals surface area contributed by atoms with Crippen LogP contribution in [0.3, 0.4) is 0 Å². The number of likely N-dealkylation sites (tertiary alicyclic amines) is 1. The van der Waals surface area contributed by atoms with Crippen LogP contribution in [0.15, 0.2) is 54.9 Å². The maximum atomic E-state index is 13.0. The normalized spacial score (nSPS) is 20.4. The third-order valence-corrected chi connectivity index (χ3v) is 7.31. The summed E-state index contributed by atoms with van der Waals surface area (Å²) in [6, 6.07) is 15.1. The summed E-state index contributed by atoms with van der Waals surface area (Å²) < 4.78 is 18.9. The Labute approximate surface area is 226 Å². The first-order valence-electron chi connectivity index (χ1n) is 13.1. The largest absolute Gasteiger partial charge is 0.497 e. The Kier molecular flexibility index (Phi) is 6.05. The molecule has 2 aromatic carbocycles. The van der Waals surface area contributed by atoms with Crippen molar-refractivity contribution in [2.45, 2.75) is 51.3 Å². The second-order valence-corrected chi connectivity index (χ2v) is 11.2. The van der Waals surface area contributed by atoms with Crippen molar-refractivity contribution in [2.24, 2.45) is 5.92 Å². The average molecular weight is 529 g/mol. The smallest absolute Gasteiger partial charge is 0.410 e. The van der Waals surface area contributed by atoms with E-state index in [9.17, 15) is 4.79 Å². The number of carbonyl (C=O) groups excluding carboxylic acids is 1. The molecule has 2 aliphatic rings. The predicted octanol–water partition coefficient (Wildman–Crippen LogP) is 5.45. The highest BCUT2D eigenvalue weighted by Crippen LogP contribution is 2.46. The summed E-state index contributed by atoms with van der Waals surface area (Å²) >= 11 is 0.